The van der Waals surface area contributed by atoms with Gasteiger partial charge in [-0.25, -0.2) is 0 Å². The zero-order chi connectivity index (χ0) is 14.5. The highest BCUT2D eigenvalue weighted by molar-refractivity contribution is 5.81. The average molecular weight is 288 g/mol. The highest BCUT2D eigenvalue weighted by atomic mass is 16.6. The Bertz CT molecular complexity index is 463. The first-order valence-electron chi connectivity index (χ1n) is 8.06. The maximum atomic E-state index is 12.4. The molecule has 3 nitrogen and oxygen atoms in total. The van der Waals surface area contributed by atoms with E-state index in [1.807, 2.05) is 6.07 Å². The van der Waals surface area contributed by atoms with Crippen LogP contribution in [0.4, 0.5) is 0 Å². The fraction of sp³-hybridized carbons (Fsp3) is 0.611. The van der Waals surface area contributed by atoms with Crippen LogP contribution in [0, 0.1) is 5.92 Å². The van der Waals surface area contributed by atoms with Crippen molar-refractivity contribution < 1.29 is 14.3 Å². The van der Waals surface area contributed by atoms with E-state index < -0.39 is 0 Å². The summed E-state index contributed by atoms with van der Waals surface area (Å²) >= 11 is 0. The topological polar surface area (TPSA) is 35.5 Å². The molecule has 2 heterocycles. The second-order valence-electron chi connectivity index (χ2n) is 6.33. The van der Waals surface area contributed by atoms with Crippen LogP contribution in [0.2, 0.25) is 0 Å². The van der Waals surface area contributed by atoms with Crippen LogP contribution < -0.4 is 0 Å². The van der Waals surface area contributed by atoms with Crippen LogP contribution >= 0.6 is 0 Å². The number of hydrogen-bond donors (Lipinski definition) is 0. The molecule has 21 heavy (non-hydrogen) atoms. The van der Waals surface area contributed by atoms with E-state index in [0.717, 1.165) is 38.7 Å². The minimum atomic E-state index is -0.155. The molecule has 0 aliphatic carbocycles. The van der Waals surface area contributed by atoms with Gasteiger partial charge in [-0.05, 0) is 31.2 Å². The van der Waals surface area contributed by atoms with E-state index in [0.29, 0.717) is 25.4 Å². The summed E-state index contributed by atoms with van der Waals surface area (Å²) in [5, 5.41) is 0. The minimum Gasteiger partial charge on any atom is -0.378 e. The smallest absolute Gasteiger partial charge is 0.136 e. The second-order valence-corrected chi connectivity index (χ2v) is 6.33. The van der Waals surface area contributed by atoms with Crippen molar-refractivity contribution in [3.63, 3.8) is 0 Å². The second kappa shape index (κ2) is 6.71. The molecule has 0 amide bonds. The molecule has 2 atom stereocenters. The number of carbonyl (C=O) groups excluding carboxylic acids is 1. The lowest BCUT2D eigenvalue weighted by atomic mass is 9.81. The Morgan fingerprint density at radius 3 is 2.86 bits per heavy atom. The Labute approximate surface area is 126 Å². The summed E-state index contributed by atoms with van der Waals surface area (Å²) in [4.78, 5) is 12.4. The summed E-state index contributed by atoms with van der Waals surface area (Å²) in [5.74, 6) is 0.594. The molecule has 2 unspecified atom stereocenters. The number of benzene rings is 1. The first-order chi connectivity index (χ1) is 10.3. The molecule has 3 heteroatoms. The maximum Gasteiger partial charge on any atom is 0.136 e. The molecular formula is C18H24O3. The standard InChI is InChI=1S/C18H24O3/c19-17(8-4-7-15-5-2-1-3-6-15)16-9-11-21-18(13-16)10-12-20-14-18/h1-3,5-6,16H,4,7-14H2. The van der Waals surface area contributed by atoms with Gasteiger partial charge in [0.05, 0.1) is 12.2 Å². The molecule has 0 saturated carbocycles. The third-order valence-corrected chi connectivity index (χ3v) is 4.75. The maximum absolute atomic E-state index is 12.4. The van der Waals surface area contributed by atoms with Gasteiger partial charge < -0.3 is 9.47 Å². The number of ketones is 1. The van der Waals surface area contributed by atoms with E-state index in [1.165, 1.54) is 5.56 Å². The first-order valence-corrected chi connectivity index (χ1v) is 8.06. The summed E-state index contributed by atoms with van der Waals surface area (Å²) in [6.07, 6.45) is 5.31. The largest absolute Gasteiger partial charge is 0.378 e. The molecule has 2 aliphatic heterocycles. The Hall–Kier alpha value is -1.19. The van der Waals surface area contributed by atoms with Crippen molar-refractivity contribution >= 4 is 5.78 Å². The molecule has 0 aromatic heterocycles. The van der Waals surface area contributed by atoms with Crippen LogP contribution in [-0.2, 0) is 20.7 Å². The van der Waals surface area contributed by atoms with Gasteiger partial charge in [-0.15, -0.1) is 0 Å². The fourth-order valence-electron chi connectivity index (χ4n) is 3.48. The first kappa shape index (κ1) is 14.7. The Balaban J connectivity index is 1.46. The molecule has 1 aromatic carbocycles. The summed E-state index contributed by atoms with van der Waals surface area (Å²) in [7, 11) is 0. The van der Waals surface area contributed by atoms with Gasteiger partial charge in [0.25, 0.3) is 0 Å². The number of carbonyl (C=O) groups is 1. The molecule has 2 saturated heterocycles. The third-order valence-electron chi connectivity index (χ3n) is 4.75. The van der Waals surface area contributed by atoms with E-state index in [9.17, 15) is 4.79 Å². The van der Waals surface area contributed by atoms with Crippen LogP contribution in [0.3, 0.4) is 0 Å². The predicted molar refractivity (Wildman–Crippen MR) is 81.2 cm³/mol. The van der Waals surface area contributed by atoms with Gasteiger partial charge >= 0.3 is 0 Å². The average Bonchev–Trinajstić information content (AvgIpc) is 2.96. The summed E-state index contributed by atoms with van der Waals surface area (Å²) in [6.45, 7) is 2.15. The quantitative estimate of drug-likeness (QED) is 0.835. The van der Waals surface area contributed by atoms with Crippen LogP contribution in [-0.4, -0.2) is 31.2 Å². The number of ether oxygens (including phenoxy) is 2. The lowest BCUT2D eigenvalue weighted by Gasteiger charge is -2.36. The Morgan fingerprint density at radius 2 is 2.10 bits per heavy atom. The zero-order valence-corrected chi connectivity index (χ0v) is 12.6. The van der Waals surface area contributed by atoms with Crippen LogP contribution in [0.5, 0.6) is 0 Å². The van der Waals surface area contributed by atoms with Gasteiger partial charge in [0.2, 0.25) is 0 Å². The molecular weight excluding hydrogens is 264 g/mol. The Kier molecular flexibility index (Phi) is 4.71. The lowest BCUT2D eigenvalue weighted by Crippen LogP contribution is -2.42. The van der Waals surface area contributed by atoms with Crippen molar-refractivity contribution in [2.24, 2.45) is 5.92 Å². The molecule has 1 spiro atoms. The van der Waals surface area contributed by atoms with E-state index in [2.05, 4.69) is 24.3 Å². The molecule has 2 aliphatic rings. The van der Waals surface area contributed by atoms with Crippen molar-refractivity contribution in [1.29, 1.82) is 0 Å². The van der Waals surface area contributed by atoms with Crippen molar-refractivity contribution in [2.45, 2.75) is 44.1 Å². The van der Waals surface area contributed by atoms with Crippen molar-refractivity contribution in [3.05, 3.63) is 35.9 Å². The van der Waals surface area contributed by atoms with Gasteiger partial charge in [0.1, 0.15) is 5.78 Å². The third kappa shape index (κ3) is 3.72. The van der Waals surface area contributed by atoms with Crippen LogP contribution in [0.25, 0.3) is 0 Å². The lowest BCUT2D eigenvalue weighted by molar-refractivity contribution is -0.137. The summed E-state index contributed by atoms with van der Waals surface area (Å²) in [6, 6.07) is 10.4. The van der Waals surface area contributed by atoms with Crippen LogP contribution in [0.15, 0.2) is 30.3 Å². The SMILES string of the molecule is O=C(CCCc1ccccc1)C1CCOC2(CCOC2)C1. The number of aryl methyl sites for hydroxylation is 1. The van der Waals surface area contributed by atoms with Crippen molar-refractivity contribution in [1.82, 2.24) is 0 Å². The number of hydrogen-bond acceptors (Lipinski definition) is 3. The van der Waals surface area contributed by atoms with Gasteiger partial charge in [0.15, 0.2) is 0 Å². The molecule has 0 radical (unpaired) electrons. The van der Waals surface area contributed by atoms with Gasteiger partial charge in [-0.2, -0.15) is 0 Å². The molecule has 1 aromatic rings. The highest BCUT2D eigenvalue weighted by Gasteiger charge is 2.42. The summed E-state index contributed by atoms with van der Waals surface area (Å²) < 4.78 is 11.4. The van der Waals surface area contributed by atoms with Crippen LogP contribution in [0.1, 0.15) is 37.7 Å². The van der Waals surface area contributed by atoms with Crippen molar-refractivity contribution in [3.8, 4) is 0 Å². The van der Waals surface area contributed by atoms with E-state index in [-0.39, 0.29) is 11.5 Å². The Morgan fingerprint density at radius 1 is 1.24 bits per heavy atom. The van der Waals surface area contributed by atoms with E-state index in [1.54, 1.807) is 0 Å². The summed E-state index contributed by atoms with van der Waals surface area (Å²) in [5.41, 5.74) is 1.16. The predicted octanol–water partition coefficient (Wildman–Crippen LogP) is 3.16. The van der Waals surface area contributed by atoms with Crippen molar-refractivity contribution in [2.75, 3.05) is 19.8 Å². The molecule has 2 fully saturated rings. The van der Waals surface area contributed by atoms with Gasteiger partial charge in [-0.3, -0.25) is 4.79 Å². The zero-order valence-electron chi connectivity index (χ0n) is 12.6. The monoisotopic (exact) mass is 288 g/mol. The molecule has 114 valence electrons. The highest BCUT2D eigenvalue weighted by Crippen LogP contribution is 2.36. The normalized spacial score (nSPS) is 28.9. The van der Waals surface area contributed by atoms with E-state index in [4.69, 9.17) is 9.47 Å². The minimum absolute atomic E-state index is 0.155. The number of rotatable bonds is 5. The molecule has 0 N–H and O–H groups in total. The number of Topliss-reactive ketones (excluding diaryl/α,β-unsaturated/α-hetero) is 1. The van der Waals surface area contributed by atoms with Gasteiger partial charge in [-0.1, -0.05) is 30.3 Å². The fourth-order valence-corrected chi connectivity index (χ4v) is 3.48. The van der Waals surface area contributed by atoms with Gasteiger partial charge in [0, 0.05) is 32.0 Å². The molecule has 0 bridgehead atoms. The van der Waals surface area contributed by atoms with E-state index >= 15 is 0 Å². The molecule has 3 rings (SSSR count).